The van der Waals surface area contributed by atoms with Crippen molar-refractivity contribution in [1.29, 1.82) is 0 Å². The number of piperidine rings is 1. The summed E-state index contributed by atoms with van der Waals surface area (Å²) in [7, 11) is 1.87. The number of hydrogen-bond acceptors (Lipinski definition) is 13. The van der Waals surface area contributed by atoms with Crippen LogP contribution in [-0.2, 0) is 57.1 Å². The molecule has 5 heterocycles. The van der Waals surface area contributed by atoms with Gasteiger partial charge in [-0.2, -0.15) is 5.10 Å². The van der Waals surface area contributed by atoms with Crippen LogP contribution < -0.4 is 26.6 Å². The molecule has 1 atom stereocenters. The fraction of sp³-hybridized carbons (Fsp3) is 0.500. The second-order valence-corrected chi connectivity index (χ2v) is 18.4. The van der Waals surface area contributed by atoms with Crippen LogP contribution in [0.15, 0.2) is 48.1 Å². The topological polar surface area (TPSA) is 222 Å². The monoisotopic (exact) mass is 925 g/mol. The number of unbranched alkanes of at least 4 members (excludes halogenated alkanes) is 1. The highest BCUT2D eigenvalue weighted by molar-refractivity contribution is 7.10. The van der Waals surface area contributed by atoms with Crippen molar-refractivity contribution in [3.63, 3.8) is 0 Å². The minimum Gasteiger partial charge on any atom is -0.445 e. The number of aromatic nitrogens is 4. The molecule has 3 fully saturated rings. The highest BCUT2D eigenvalue weighted by atomic mass is 32.1. The Morgan fingerprint density at radius 3 is 2.52 bits per heavy atom. The van der Waals surface area contributed by atoms with Crippen LogP contribution in [0.3, 0.4) is 0 Å². The van der Waals surface area contributed by atoms with E-state index in [-0.39, 0.29) is 87.0 Å². The summed E-state index contributed by atoms with van der Waals surface area (Å²) in [5.74, 6) is -1.15. The molecule has 0 radical (unpaired) electrons. The van der Waals surface area contributed by atoms with E-state index in [4.69, 9.17) is 4.74 Å². The van der Waals surface area contributed by atoms with Gasteiger partial charge in [0.25, 0.3) is 5.91 Å². The lowest BCUT2D eigenvalue weighted by atomic mass is 9.90. The lowest BCUT2D eigenvalue weighted by molar-refractivity contribution is -0.137. The Balaban J connectivity index is 0.759. The summed E-state index contributed by atoms with van der Waals surface area (Å²) in [6.45, 7) is 1.43. The van der Waals surface area contributed by atoms with Gasteiger partial charge in [0.15, 0.2) is 5.82 Å². The average Bonchev–Trinajstić information content (AvgIpc) is 3.82. The van der Waals surface area contributed by atoms with Gasteiger partial charge in [0.2, 0.25) is 29.6 Å². The second kappa shape index (κ2) is 21.4. The summed E-state index contributed by atoms with van der Waals surface area (Å²) in [4.78, 5) is 89.1. The summed E-state index contributed by atoms with van der Waals surface area (Å²) >= 11 is 1.39. The third-order valence-electron chi connectivity index (χ3n) is 12.7. The number of thiophene rings is 1. The molecule has 2 aliphatic heterocycles. The van der Waals surface area contributed by atoms with Crippen molar-refractivity contribution >= 4 is 52.9 Å². The number of carbonyl (C=O) groups excluding carboxylic acids is 6. The molecule has 8 rings (SSSR count). The van der Waals surface area contributed by atoms with Crippen molar-refractivity contribution in [2.75, 3.05) is 31.5 Å². The van der Waals surface area contributed by atoms with Crippen molar-refractivity contribution in [3.8, 4) is 11.3 Å². The Hall–Kier alpha value is -6.28. The van der Waals surface area contributed by atoms with Gasteiger partial charge in [-0.15, -0.1) is 11.3 Å². The van der Waals surface area contributed by atoms with E-state index < -0.39 is 23.9 Å². The molecule has 4 aliphatic rings. The smallest absolute Gasteiger partial charge is 0.410 e. The molecule has 0 bridgehead atoms. The fourth-order valence-corrected chi connectivity index (χ4v) is 9.77. The number of halogens is 1. The molecule has 6 amide bonds. The van der Waals surface area contributed by atoms with E-state index in [1.54, 1.807) is 16.3 Å². The Bertz CT molecular complexity index is 2420. The molecule has 1 unspecified atom stereocenters. The van der Waals surface area contributed by atoms with Gasteiger partial charge in [0, 0.05) is 60.2 Å². The summed E-state index contributed by atoms with van der Waals surface area (Å²) < 4.78 is 22.6. The van der Waals surface area contributed by atoms with E-state index in [1.807, 2.05) is 37.4 Å². The van der Waals surface area contributed by atoms with Crippen LogP contribution in [-0.4, -0.2) is 109 Å². The molecule has 1 aromatic carbocycles. The zero-order valence-electron chi connectivity index (χ0n) is 37.0. The van der Waals surface area contributed by atoms with Gasteiger partial charge in [-0.1, -0.05) is 30.3 Å². The quantitative estimate of drug-likeness (QED) is 0.0629. The van der Waals surface area contributed by atoms with E-state index in [1.165, 1.54) is 27.3 Å². The van der Waals surface area contributed by atoms with Crippen molar-refractivity contribution in [3.05, 3.63) is 81.2 Å². The van der Waals surface area contributed by atoms with E-state index in [0.29, 0.717) is 74.6 Å². The van der Waals surface area contributed by atoms with Crippen LogP contribution in [0.2, 0.25) is 0 Å². The van der Waals surface area contributed by atoms with Crippen molar-refractivity contribution < 1.29 is 37.9 Å². The molecular weight excluding hydrogens is 870 g/mol. The zero-order valence-corrected chi connectivity index (χ0v) is 37.8. The zero-order chi connectivity index (χ0) is 46.2. The maximum atomic E-state index is 15.1. The summed E-state index contributed by atoms with van der Waals surface area (Å²) in [6.07, 6.45) is 9.77. The molecule has 2 saturated carbocycles. The number of aryl methyl sites for hydroxylation is 1. The molecular formula is C46H56FN11O7S. The van der Waals surface area contributed by atoms with Gasteiger partial charge < -0.3 is 30.9 Å². The number of anilines is 1. The second-order valence-electron chi connectivity index (χ2n) is 17.4. The van der Waals surface area contributed by atoms with Crippen LogP contribution in [0.5, 0.6) is 0 Å². The molecule has 66 heavy (non-hydrogen) atoms. The minimum atomic E-state index is -0.693. The van der Waals surface area contributed by atoms with Gasteiger partial charge in [-0.05, 0) is 87.8 Å². The highest BCUT2D eigenvalue weighted by Gasteiger charge is 2.41. The molecule has 20 heteroatoms. The third kappa shape index (κ3) is 11.6. The van der Waals surface area contributed by atoms with Gasteiger partial charge in [0.1, 0.15) is 24.9 Å². The standard InChI is InChI=1S/C46H56FN11O7S/c1-56-37(19-28-9-10-28)32(20-52-56)42-35(47)21-51-45(55-42)53-30-11-13-31(14-12-30)57(46(64)65-26-29-7-3-2-4-8-29)25-41(61)49-18-6-5-17-48-23-40(60)50-22-38-33-24-58(44(63)34(33)27-66-38)36-15-16-39(59)54-43(36)62/h2-4,7-8,20-21,27-28,30-31,36,48H,5-6,9-19,22-26H2,1H3,(H,49,61)(H,50,60)(H,51,53,55)(H,54,59,62). The first-order valence-electron chi connectivity index (χ1n) is 22.8. The number of nitrogens with one attached hydrogen (secondary N) is 5. The van der Waals surface area contributed by atoms with Crippen LogP contribution in [0.25, 0.3) is 11.3 Å². The minimum absolute atomic E-state index is 0.0244. The molecule has 18 nitrogen and oxygen atoms in total. The molecule has 1 saturated heterocycles. The number of rotatable bonds is 20. The lowest BCUT2D eigenvalue weighted by Crippen LogP contribution is -2.52. The Morgan fingerprint density at radius 2 is 1.74 bits per heavy atom. The fourth-order valence-electron chi connectivity index (χ4n) is 8.79. The van der Waals surface area contributed by atoms with E-state index in [2.05, 4.69) is 41.7 Å². The van der Waals surface area contributed by atoms with Crippen LogP contribution >= 0.6 is 11.3 Å². The first-order valence-corrected chi connectivity index (χ1v) is 23.6. The van der Waals surface area contributed by atoms with Crippen LogP contribution in [0, 0.1) is 11.7 Å². The predicted molar refractivity (Wildman–Crippen MR) is 241 cm³/mol. The molecule has 4 aromatic rings. The number of nitrogens with zero attached hydrogens (tertiary/aromatic N) is 6. The average molecular weight is 926 g/mol. The summed E-state index contributed by atoms with van der Waals surface area (Å²) in [5, 5.41) is 20.8. The van der Waals surface area contributed by atoms with Crippen molar-refractivity contribution in [2.45, 2.75) is 108 Å². The molecule has 2 aliphatic carbocycles. The Kier molecular flexibility index (Phi) is 15.0. The Morgan fingerprint density at radius 1 is 0.955 bits per heavy atom. The van der Waals surface area contributed by atoms with Gasteiger partial charge >= 0.3 is 6.09 Å². The van der Waals surface area contributed by atoms with Crippen LogP contribution in [0.4, 0.5) is 15.1 Å². The molecule has 350 valence electrons. The number of benzene rings is 1. The normalized spacial score (nSPS) is 19.3. The number of amides is 6. The number of ether oxygens (including phenoxy) is 1. The maximum Gasteiger partial charge on any atom is 0.410 e. The third-order valence-corrected chi connectivity index (χ3v) is 13.7. The number of fused-ring (bicyclic) bond motifs is 1. The maximum absolute atomic E-state index is 15.1. The van der Waals surface area contributed by atoms with E-state index in [9.17, 15) is 28.8 Å². The molecule has 3 aromatic heterocycles. The Labute approximate surface area is 385 Å². The van der Waals surface area contributed by atoms with E-state index >= 15 is 4.39 Å². The lowest BCUT2D eigenvalue weighted by Gasteiger charge is -2.36. The van der Waals surface area contributed by atoms with Gasteiger partial charge in [0.05, 0.1) is 31.0 Å². The summed E-state index contributed by atoms with van der Waals surface area (Å²) in [5.41, 5.74) is 4.02. The number of hydrogen-bond donors (Lipinski definition) is 5. The molecule has 5 N–H and O–H groups in total. The highest BCUT2D eigenvalue weighted by Crippen LogP contribution is 2.37. The summed E-state index contributed by atoms with van der Waals surface area (Å²) in [6, 6.07) is 8.40. The van der Waals surface area contributed by atoms with Gasteiger partial charge in [-0.25, -0.2) is 19.2 Å². The SMILES string of the molecule is Cn1ncc(-c2nc(NC3CCC(N(CC(=O)NCCCCNCC(=O)NCc4scc5c4CN(C4CCC(=O)NC4=O)C5=O)C(=O)OCc4ccccc4)CC3)ncc2F)c1CC1CC1. The van der Waals surface area contributed by atoms with E-state index in [0.717, 1.165) is 41.0 Å². The van der Waals surface area contributed by atoms with Gasteiger partial charge in [-0.3, -0.25) is 38.9 Å². The van der Waals surface area contributed by atoms with Crippen molar-refractivity contribution in [2.24, 2.45) is 13.0 Å². The van der Waals surface area contributed by atoms with Crippen molar-refractivity contribution in [1.82, 2.24) is 50.8 Å². The first kappa shape index (κ1) is 46.3. The predicted octanol–water partition coefficient (Wildman–Crippen LogP) is 3.96. The molecule has 0 spiro atoms. The first-order chi connectivity index (χ1) is 32.0. The van der Waals surface area contributed by atoms with Crippen LogP contribution in [0.1, 0.15) is 96.3 Å². The number of imide groups is 1. The number of carbonyl (C=O) groups is 6. The largest absolute Gasteiger partial charge is 0.445 e.